The first-order valence-corrected chi connectivity index (χ1v) is 21.8. The van der Waals surface area contributed by atoms with Crippen molar-refractivity contribution in [1.29, 1.82) is 0 Å². The largest absolute Gasteiger partial charge is 0.462 e. The second kappa shape index (κ2) is 44.2. The summed E-state index contributed by atoms with van der Waals surface area (Å²) in [6.07, 6.45) is 58.5. The molecule has 1 atom stereocenters. The Labute approximate surface area is 332 Å². The third-order valence-electron chi connectivity index (χ3n) is 8.60. The molecular formula is C49H80O5. The Balaban J connectivity index is 4.30. The van der Waals surface area contributed by atoms with Crippen LogP contribution < -0.4 is 0 Å². The number of hydrogen-bond acceptors (Lipinski definition) is 5. The molecule has 5 nitrogen and oxygen atoms in total. The van der Waals surface area contributed by atoms with Gasteiger partial charge in [-0.15, -0.1) is 0 Å². The first-order valence-electron chi connectivity index (χ1n) is 21.8. The Morgan fingerprint density at radius 3 is 1.48 bits per heavy atom. The number of carbonyl (C=O) groups excluding carboxylic acids is 2. The minimum absolute atomic E-state index is 0.0345. The van der Waals surface area contributed by atoms with Gasteiger partial charge in [0.15, 0.2) is 6.10 Å². The van der Waals surface area contributed by atoms with E-state index in [1.165, 1.54) is 44.9 Å². The smallest absolute Gasteiger partial charge is 0.306 e. The van der Waals surface area contributed by atoms with Crippen molar-refractivity contribution in [3.05, 3.63) is 97.2 Å². The average Bonchev–Trinajstić information content (AvgIpc) is 3.17. The van der Waals surface area contributed by atoms with Gasteiger partial charge in [-0.05, 0) is 83.5 Å². The zero-order valence-electron chi connectivity index (χ0n) is 34.9. The molecule has 0 aromatic carbocycles. The van der Waals surface area contributed by atoms with Crippen molar-refractivity contribution in [3.8, 4) is 0 Å². The van der Waals surface area contributed by atoms with E-state index in [-0.39, 0.29) is 25.2 Å². The summed E-state index contributed by atoms with van der Waals surface area (Å²) in [6.45, 7) is 7.49. The molecule has 0 aliphatic carbocycles. The van der Waals surface area contributed by atoms with Gasteiger partial charge in [-0.2, -0.15) is 0 Å². The van der Waals surface area contributed by atoms with Crippen molar-refractivity contribution in [2.75, 3.05) is 19.8 Å². The Kier molecular flexibility index (Phi) is 41.6. The molecule has 306 valence electrons. The maximum Gasteiger partial charge on any atom is 0.306 e. The van der Waals surface area contributed by atoms with E-state index in [2.05, 4.69) is 112 Å². The molecule has 0 radical (unpaired) electrons. The van der Waals surface area contributed by atoms with Crippen molar-refractivity contribution >= 4 is 11.9 Å². The number of unbranched alkanes of at least 4 members (excludes halogenated alkanes) is 11. The zero-order chi connectivity index (χ0) is 39.3. The highest BCUT2D eigenvalue weighted by Crippen LogP contribution is 2.11. The summed E-state index contributed by atoms with van der Waals surface area (Å²) in [5.74, 6) is -0.523. The van der Waals surface area contributed by atoms with Crippen LogP contribution in [0.15, 0.2) is 97.2 Å². The maximum atomic E-state index is 12.6. The fourth-order valence-corrected chi connectivity index (χ4v) is 5.39. The molecule has 0 saturated carbocycles. The molecule has 0 saturated heterocycles. The van der Waals surface area contributed by atoms with Crippen LogP contribution in [0.25, 0.3) is 0 Å². The van der Waals surface area contributed by atoms with Crippen LogP contribution in [0.5, 0.6) is 0 Å². The van der Waals surface area contributed by atoms with Gasteiger partial charge in [-0.1, -0.05) is 176 Å². The number of rotatable bonds is 38. The standard InChI is InChI=1S/C49H80O5/c1-4-7-10-13-16-18-20-22-23-24-25-26-27-29-30-32-34-36-39-42-48(50)53-46-47(45-52-44-41-38-15-12-9-6-3)54-49(51)43-40-37-35-33-31-28-21-19-17-14-11-8-5-2/h7,10-11,14,16,18-19,21-23,25-26,29-30,34,36,47H,4-6,8-9,12-13,15,17,20,24,27-28,31-33,35,37-46H2,1-3H3/b10-7-,14-11-,18-16-,21-19-,23-22-,26-25-,30-29-,36-34-. The van der Waals surface area contributed by atoms with Crippen LogP contribution in [0, 0.1) is 0 Å². The monoisotopic (exact) mass is 749 g/mol. The fourth-order valence-electron chi connectivity index (χ4n) is 5.39. The van der Waals surface area contributed by atoms with E-state index in [9.17, 15) is 9.59 Å². The number of allylic oxidation sites excluding steroid dienone is 16. The molecule has 0 amide bonds. The summed E-state index contributed by atoms with van der Waals surface area (Å²) in [5, 5.41) is 0. The van der Waals surface area contributed by atoms with Gasteiger partial charge in [0.25, 0.3) is 0 Å². The van der Waals surface area contributed by atoms with Crippen LogP contribution in [0.3, 0.4) is 0 Å². The van der Waals surface area contributed by atoms with Gasteiger partial charge in [0, 0.05) is 19.4 Å². The van der Waals surface area contributed by atoms with Gasteiger partial charge in [0.2, 0.25) is 0 Å². The van der Waals surface area contributed by atoms with E-state index in [1.807, 2.05) is 6.08 Å². The van der Waals surface area contributed by atoms with Crippen LogP contribution >= 0.6 is 0 Å². The minimum Gasteiger partial charge on any atom is -0.462 e. The van der Waals surface area contributed by atoms with Crippen LogP contribution in [0.1, 0.15) is 175 Å². The Morgan fingerprint density at radius 1 is 0.426 bits per heavy atom. The second-order valence-corrected chi connectivity index (χ2v) is 13.9. The lowest BCUT2D eigenvalue weighted by atomic mass is 10.1. The topological polar surface area (TPSA) is 61.8 Å². The van der Waals surface area contributed by atoms with E-state index >= 15 is 0 Å². The molecule has 5 heteroatoms. The quantitative estimate of drug-likeness (QED) is 0.0357. The molecule has 1 unspecified atom stereocenters. The summed E-state index contributed by atoms with van der Waals surface area (Å²) in [5.41, 5.74) is 0. The molecular weight excluding hydrogens is 669 g/mol. The molecule has 0 heterocycles. The van der Waals surface area contributed by atoms with Gasteiger partial charge in [0.1, 0.15) is 6.61 Å². The normalized spacial score (nSPS) is 13.2. The van der Waals surface area contributed by atoms with Crippen molar-refractivity contribution in [3.63, 3.8) is 0 Å². The highest BCUT2D eigenvalue weighted by Gasteiger charge is 2.17. The van der Waals surface area contributed by atoms with E-state index in [0.717, 1.165) is 89.9 Å². The molecule has 0 bridgehead atoms. The Bertz CT molecular complexity index is 1070. The molecule has 0 N–H and O–H groups in total. The van der Waals surface area contributed by atoms with Gasteiger partial charge >= 0.3 is 11.9 Å². The SMILES string of the molecule is CC/C=C\C/C=C\C/C=C\C/C=C\C/C=C\C/C=C\CCC(=O)OCC(COCCCCCCCC)OC(=O)CCCCCCC/C=C\C/C=C\CCC. The Hall–Kier alpha value is -3.18. The molecule has 54 heavy (non-hydrogen) atoms. The van der Waals surface area contributed by atoms with Crippen molar-refractivity contribution in [1.82, 2.24) is 0 Å². The minimum atomic E-state index is -0.573. The predicted molar refractivity (Wildman–Crippen MR) is 233 cm³/mol. The summed E-state index contributed by atoms with van der Waals surface area (Å²) in [4.78, 5) is 25.1. The number of hydrogen-bond donors (Lipinski definition) is 0. The lowest BCUT2D eigenvalue weighted by Crippen LogP contribution is -2.30. The summed E-state index contributed by atoms with van der Waals surface area (Å²) < 4.78 is 17.1. The van der Waals surface area contributed by atoms with Gasteiger partial charge in [-0.3, -0.25) is 9.59 Å². The van der Waals surface area contributed by atoms with E-state index in [1.54, 1.807) is 0 Å². The Morgan fingerprint density at radius 2 is 0.907 bits per heavy atom. The van der Waals surface area contributed by atoms with Crippen molar-refractivity contribution < 1.29 is 23.8 Å². The van der Waals surface area contributed by atoms with Gasteiger partial charge in [-0.25, -0.2) is 0 Å². The number of esters is 2. The van der Waals surface area contributed by atoms with Crippen molar-refractivity contribution in [2.45, 2.75) is 181 Å². The molecule has 0 aromatic rings. The average molecular weight is 749 g/mol. The van der Waals surface area contributed by atoms with Gasteiger partial charge < -0.3 is 14.2 Å². The third-order valence-corrected chi connectivity index (χ3v) is 8.60. The highest BCUT2D eigenvalue weighted by atomic mass is 16.6. The van der Waals surface area contributed by atoms with Crippen LogP contribution in [0.4, 0.5) is 0 Å². The molecule has 0 fully saturated rings. The van der Waals surface area contributed by atoms with Crippen LogP contribution in [-0.4, -0.2) is 37.9 Å². The van der Waals surface area contributed by atoms with E-state index in [0.29, 0.717) is 25.9 Å². The lowest BCUT2D eigenvalue weighted by Gasteiger charge is -2.18. The van der Waals surface area contributed by atoms with Crippen molar-refractivity contribution in [2.24, 2.45) is 0 Å². The third kappa shape index (κ3) is 41.6. The summed E-state index contributed by atoms with van der Waals surface area (Å²) >= 11 is 0. The summed E-state index contributed by atoms with van der Waals surface area (Å²) in [6, 6.07) is 0. The zero-order valence-corrected chi connectivity index (χ0v) is 34.9. The molecule has 0 aliphatic rings. The highest BCUT2D eigenvalue weighted by molar-refractivity contribution is 5.70. The van der Waals surface area contributed by atoms with E-state index in [4.69, 9.17) is 14.2 Å². The van der Waals surface area contributed by atoms with E-state index < -0.39 is 6.10 Å². The summed E-state index contributed by atoms with van der Waals surface area (Å²) in [7, 11) is 0. The molecule has 0 spiro atoms. The molecule has 0 aromatic heterocycles. The first kappa shape index (κ1) is 50.8. The molecule has 0 aliphatic heterocycles. The maximum absolute atomic E-state index is 12.6. The van der Waals surface area contributed by atoms with Crippen LogP contribution in [0.2, 0.25) is 0 Å². The first-order chi connectivity index (χ1) is 26.6. The molecule has 0 rings (SSSR count). The predicted octanol–water partition coefficient (Wildman–Crippen LogP) is 14.3. The lowest BCUT2D eigenvalue weighted by molar-refractivity contribution is -0.162. The van der Waals surface area contributed by atoms with Crippen LogP contribution in [-0.2, 0) is 23.8 Å². The fraction of sp³-hybridized carbons (Fsp3) is 0.633. The second-order valence-electron chi connectivity index (χ2n) is 13.9. The number of ether oxygens (including phenoxy) is 3. The van der Waals surface area contributed by atoms with Gasteiger partial charge in [0.05, 0.1) is 6.61 Å². The number of carbonyl (C=O) groups is 2.